The van der Waals surface area contributed by atoms with Crippen LogP contribution in [0, 0.1) is 0 Å². The van der Waals surface area contributed by atoms with Crippen LogP contribution in [0.4, 0.5) is 0 Å². The summed E-state index contributed by atoms with van der Waals surface area (Å²) in [6.45, 7) is 4.66. The molecule has 0 aliphatic heterocycles. The SMILES string of the molecule is CC/C=C\C/C=C\C/C=C\C/C=C\C/C=C\C/C=C\C/C=C\C/C=C\C/C=C\C/C=C\CCCCCCCCCCCCC(=O)OC(COC(=O)CCCCCCCCCCCCCCCCCCCCCCC)COC(OCC[N+](C)(C)C)C(=O)[O-]. The number of unbranched alkanes of at least 4 members (excludes halogenated alkanes) is 30. The van der Waals surface area contributed by atoms with Crippen molar-refractivity contribution in [2.75, 3.05) is 47.5 Å². The van der Waals surface area contributed by atoms with E-state index in [0.717, 1.165) is 109 Å². The Morgan fingerprint density at radius 2 is 0.655 bits per heavy atom. The third kappa shape index (κ3) is 69.0. The molecule has 498 valence electrons. The minimum absolute atomic E-state index is 0.144. The second-order valence-corrected chi connectivity index (χ2v) is 24.8. The molecule has 0 N–H and O–H groups in total. The second-order valence-electron chi connectivity index (χ2n) is 24.8. The molecule has 0 aliphatic rings. The van der Waals surface area contributed by atoms with Gasteiger partial charge in [-0.2, -0.15) is 0 Å². The quantitative estimate of drug-likeness (QED) is 0.0195. The number of aliphatic carboxylic acids is 1. The molecule has 0 spiro atoms. The summed E-state index contributed by atoms with van der Waals surface area (Å²) < 4.78 is 22.8. The van der Waals surface area contributed by atoms with Gasteiger partial charge in [0.15, 0.2) is 12.4 Å². The first-order valence-corrected chi connectivity index (χ1v) is 35.7. The maximum atomic E-state index is 12.9. The Labute approximate surface area is 536 Å². The van der Waals surface area contributed by atoms with Crippen molar-refractivity contribution in [3.8, 4) is 0 Å². The Kier molecular flexibility index (Phi) is 64.3. The smallest absolute Gasteiger partial charge is 0.306 e. The fourth-order valence-electron chi connectivity index (χ4n) is 9.80. The van der Waals surface area contributed by atoms with Gasteiger partial charge in [-0.15, -0.1) is 0 Å². The van der Waals surface area contributed by atoms with Crippen molar-refractivity contribution < 1.29 is 42.9 Å². The number of carboxylic acid groups (broad SMARTS) is 1. The average molecular weight is 1210 g/mol. The molecule has 0 radical (unpaired) electrons. The van der Waals surface area contributed by atoms with E-state index < -0.39 is 24.3 Å². The first-order chi connectivity index (χ1) is 42.6. The molecule has 0 aliphatic carbocycles. The summed E-state index contributed by atoms with van der Waals surface area (Å²) in [6.07, 6.45) is 92.8. The van der Waals surface area contributed by atoms with Gasteiger partial charge in [-0.05, 0) is 89.9 Å². The highest BCUT2D eigenvalue weighted by Gasteiger charge is 2.22. The molecule has 0 rings (SSSR count). The van der Waals surface area contributed by atoms with E-state index in [1.54, 1.807) is 0 Å². The molecule has 9 heteroatoms. The molecule has 87 heavy (non-hydrogen) atoms. The molecule has 0 aromatic rings. The Morgan fingerprint density at radius 3 is 0.977 bits per heavy atom. The molecule has 0 fully saturated rings. The lowest BCUT2D eigenvalue weighted by atomic mass is 10.0. The monoisotopic (exact) mass is 1210 g/mol. The van der Waals surface area contributed by atoms with Gasteiger partial charge in [-0.25, -0.2) is 0 Å². The molecule has 2 atom stereocenters. The van der Waals surface area contributed by atoms with Gasteiger partial charge >= 0.3 is 11.9 Å². The number of esters is 2. The number of ether oxygens (including phenoxy) is 4. The summed E-state index contributed by atoms with van der Waals surface area (Å²) in [5, 5.41) is 11.8. The number of nitrogens with zero attached hydrogens (tertiary/aromatic N) is 1. The number of carbonyl (C=O) groups is 3. The topological polar surface area (TPSA) is 111 Å². The highest BCUT2D eigenvalue weighted by atomic mass is 16.7. The molecule has 2 unspecified atom stereocenters. The van der Waals surface area contributed by atoms with Crippen LogP contribution < -0.4 is 5.11 Å². The number of likely N-dealkylation sites (N-methyl/N-ethyl adjacent to an activating group) is 1. The lowest BCUT2D eigenvalue weighted by Gasteiger charge is -2.26. The summed E-state index contributed by atoms with van der Waals surface area (Å²) >= 11 is 0. The van der Waals surface area contributed by atoms with Gasteiger partial charge in [-0.3, -0.25) is 9.59 Å². The molecule has 0 heterocycles. The predicted molar refractivity (Wildman–Crippen MR) is 370 cm³/mol. The van der Waals surface area contributed by atoms with Gasteiger partial charge in [0.05, 0.1) is 40.3 Å². The highest BCUT2D eigenvalue weighted by molar-refractivity contribution is 5.70. The van der Waals surface area contributed by atoms with E-state index in [4.69, 9.17) is 18.9 Å². The first kappa shape index (κ1) is 82.7. The van der Waals surface area contributed by atoms with Crippen LogP contribution in [0.3, 0.4) is 0 Å². The number of carbonyl (C=O) groups excluding carboxylic acids is 3. The van der Waals surface area contributed by atoms with E-state index in [0.29, 0.717) is 23.9 Å². The van der Waals surface area contributed by atoms with Gasteiger partial charge < -0.3 is 33.3 Å². The van der Waals surface area contributed by atoms with Crippen LogP contribution in [0.15, 0.2) is 122 Å². The molecule has 0 amide bonds. The first-order valence-electron chi connectivity index (χ1n) is 35.7. The van der Waals surface area contributed by atoms with Gasteiger partial charge in [-0.1, -0.05) is 315 Å². The number of allylic oxidation sites excluding steroid dienone is 20. The Balaban J connectivity index is 4.12. The normalized spacial score (nSPS) is 13.4. The van der Waals surface area contributed by atoms with E-state index in [1.807, 2.05) is 21.1 Å². The third-order valence-electron chi connectivity index (χ3n) is 15.2. The Bertz CT molecular complexity index is 1840. The fourth-order valence-corrected chi connectivity index (χ4v) is 9.80. The van der Waals surface area contributed by atoms with Crippen LogP contribution in [0.5, 0.6) is 0 Å². The molecule has 0 bridgehead atoms. The van der Waals surface area contributed by atoms with E-state index in [9.17, 15) is 19.5 Å². The summed E-state index contributed by atoms with van der Waals surface area (Å²) in [5.74, 6) is -2.28. The van der Waals surface area contributed by atoms with Crippen molar-refractivity contribution in [3.05, 3.63) is 122 Å². The molecular weight excluding hydrogens is 1080 g/mol. The fraction of sp³-hybridized carbons (Fsp3) is 0.705. The number of hydrogen-bond donors (Lipinski definition) is 0. The average Bonchev–Trinajstić information content (AvgIpc) is 3.59. The highest BCUT2D eigenvalue weighted by Crippen LogP contribution is 2.17. The number of carboxylic acids is 1. The second kappa shape index (κ2) is 67.6. The molecular formula is C78H133NO8. The zero-order chi connectivity index (χ0) is 63.3. The van der Waals surface area contributed by atoms with Crippen LogP contribution >= 0.6 is 0 Å². The van der Waals surface area contributed by atoms with Crippen molar-refractivity contribution in [3.63, 3.8) is 0 Å². The van der Waals surface area contributed by atoms with Gasteiger partial charge in [0.2, 0.25) is 0 Å². The predicted octanol–water partition coefficient (Wildman–Crippen LogP) is 21.0. The number of quaternary nitrogens is 1. The molecule has 9 nitrogen and oxygen atoms in total. The maximum Gasteiger partial charge on any atom is 0.306 e. The van der Waals surface area contributed by atoms with E-state index >= 15 is 0 Å². The van der Waals surface area contributed by atoms with Crippen molar-refractivity contribution in [2.45, 2.75) is 309 Å². The minimum atomic E-state index is -1.63. The Hall–Kier alpha value is -4.31. The summed E-state index contributed by atoms with van der Waals surface area (Å²) in [4.78, 5) is 37.5. The number of rotatable bonds is 65. The van der Waals surface area contributed by atoms with E-state index in [2.05, 4.69) is 135 Å². The van der Waals surface area contributed by atoms with Gasteiger partial charge in [0.1, 0.15) is 13.2 Å². The van der Waals surface area contributed by atoms with Crippen molar-refractivity contribution in [1.29, 1.82) is 0 Å². The summed E-state index contributed by atoms with van der Waals surface area (Å²) in [5.41, 5.74) is 0. The summed E-state index contributed by atoms with van der Waals surface area (Å²) in [7, 11) is 5.93. The van der Waals surface area contributed by atoms with Crippen LogP contribution in [0.25, 0.3) is 0 Å². The van der Waals surface area contributed by atoms with Crippen molar-refractivity contribution in [1.82, 2.24) is 0 Å². The minimum Gasteiger partial charge on any atom is -0.545 e. The van der Waals surface area contributed by atoms with Crippen molar-refractivity contribution in [2.24, 2.45) is 0 Å². The van der Waals surface area contributed by atoms with Crippen LogP contribution in [-0.4, -0.2) is 82.3 Å². The standard InChI is InChI=1S/C78H133NO8/c1-6-8-10-12-14-16-18-20-22-24-26-28-29-30-31-32-33-34-35-36-37-38-39-40-41-42-43-44-45-46-47-49-51-53-55-57-59-61-63-65-67-69-76(81)87-74(73-86-78(77(82)83)84-71-70-79(3,4)5)72-85-75(80)68-66-64-62-60-58-56-54-52-50-48-27-25-23-21-19-17-15-13-11-9-7-2/h8,10,14,16,20,22,26,28,30-31,33-34,36-37,39-40,42-43,45-46,74,78H,6-7,9,11-13,15,17-19,21,23-25,27,29,32,35,38,41,44,47-73H2,1-5H3/b10-8-,16-14-,22-20-,28-26-,31-30-,34-33-,37-36-,40-39-,43-42-,46-45-. The van der Waals surface area contributed by atoms with Crippen LogP contribution in [0.1, 0.15) is 296 Å². The van der Waals surface area contributed by atoms with Gasteiger partial charge in [0, 0.05) is 12.8 Å². The molecule has 0 aromatic carbocycles. The number of hydrogen-bond acceptors (Lipinski definition) is 8. The van der Waals surface area contributed by atoms with Crippen LogP contribution in [-0.2, 0) is 33.3 Å². The zero-order valence-electron chi connectivity index (χ0n) is 56.9. The Morgan fingerprint density at radius 1 is 0.356 bits per heavy atom. The molecule has 0 saturated heterocycles. The molecule has 0 aromatic heterocycles. The van der Waals surface area contributed by atoms with Crippen LogP contribution in [0.2, 0.25) is 0 Å². The van der Waals surface area contributed by atoms with Gasteiger partial charge in [0.25, 0.3) is 0 Å². The van der Waals surface area contributed by atoms with E-state index in [-0.39, 0.29) is 32.2 Å². The largest absolute Gasteiger partial charge is 0.545 e. The van der Waals surface area contributed by atoms with Crippen molar-refractivity contribution >= 4 is 17.9 Å². The third-order valence-corrected chi connectivity index (χ3v) is 15.2. The zero-order valence-corrected chi connectivity index (χ0v) is 56.9. The lowest BCUT2D eigenvalue weighted by molar-refractivity contribution is -0.870. The molecule has 0 saturated carbocycles. The summed E-state index contributed by atoms with van der Waals surface area (Å²) in [6, 6.07) is 0. The maximum absolute atomic E-state index is 12.9. The lowest BCUT2D eigenvalue weighted by Crippen LogP contribution is -2.44. The van der Waals surface area contributed by atoms with E-state index in [1.165, 1.54) is 154 Å².